The monoisotopic (exact) mass is 165 g/mol. The second-order valence-electron chi connectivity index (χ2n) is 3.58. The van der Waals surface area contributed by atoms with E-state index in [1.807, 2.05) is 11.7 Å². The summed E-state index contributed by atoms with van der Waals surface area (Å²) >= 11 is 0. The zero-order chi connectivity index (χ0) is 8.55. The fourth-order valence-corrected chi connectivity index (χ4v) is 1.72. The number of likely N-dealkylation sites (N-methyl/N-ethyl adjacent to an activating group) is 1. The van der Waals surface area contributed by atoms with Gasteiger partial charge in [-0.15, -0.1) is 0 Å². The van der Waals surface area contributed by atoms with Crippen LogP contribution in [0.1, 0.15) is 11.3 Å². The van der Waals surface area contributed by atoms with E-state index in [1.165, 1.54) is 17.8 Å². The van der Waals surface area contributed by atoms with E-state index in [0.29, 0.717) is 0 Å². The summed E-state index contributed by atoms with van der Waals surface area (Å²) in [6, 6.07) is 0. The van der Waals surface area contributed by atoms with Gasteiger partial charge in [0.25, 0.3) is 0 Å². The van der Waals surface area contributed by atoms with Crippen LogP contribution in [-0.4, -0.2) is 34.8 Å². The Bertz CT molecular complexity index is 252. The SMILES string of the molecule is CN1CCc2cn(C)nc2CC1. The lowest BCUT2D eigenvalue weighted by Crippen LogP contribution is -2.21. The highest BCUT2D eigenvalue weighted by molar-refractivity contribution is 5.19. The van der Waals surface area contributed by atoms with Crippen molar-refractivity contribution in [3.8, 4) is 0 Å². The molecule has 0 atom stereocenters. The van der Waals surface area contributed by atoms with Gasteiger partial charge in [-0.2, -0.15) is 5.10 Å². The van der Waals surface area contributed by atoms with E-state index in [2.05, 4.69) is 23.2 Å². The number of aryl methyl sites for hydroxylation is 1. The molecule has 2 heterocycles. The average molecular weight is 165 g/mol. The Kier molecular flexibility index (Phi) is 1.89. The van der Waals surface area contributed by atoms with Crippen molar-refractivity contribution in [3.05, 3.63) is 17.5 Å². The fourth-order valence-electron chi connectivity index (χ4n) is 1.72. The van der Waals surface area contributed by atoms with Crippen molar-refractivity contribution in [1.82, 2.24) is 14.7 Å². The van der Waals surface area contributed by atoms with E-state index in [-0.39, 0.29) is 0 Å². The van der Waals surface area contributed by atoms with Crippen LogP contribution in [-0.2, 0) is 19.9 Å². The maximum atomic E-state index is 4.44. The first-order chi connectivity index (χ1) is 5.75. The zero-order valence-electron chi connectivity index (χ0n) is 7.75. The maximum Gasteiger partial charge on any atom is 0.0669 e. The molecule has 0 bridgehead atoms. The molecule has 0 aliphatic carbocycles. The second-order valence-corrected chi connectivity index (χ2v) is 3.58. The van der Waals surface area contributed by atoms with Crippen molar-refractivity contribution in [2.24, 2.45) is 7.05 Å². The van der Waals surface area contributed by atoms with Crippen molar-refractivity contribution < 1.29 is 0 Å². The molecule has 12 heavy (non-hydrogen) atoms. The van der Waals surface area contributed by atoms with Crippen LogP contribution < -0.4 is 0 Å². The maximum absolute atomic E-state index is 4.44. The van der Waals surface area contributed by atoms with E-state index in [9.17, 15) is 0 Å². The Morgan fingerprint density at radius 2 is 2.00 bits per heavy atom. The van der Waals surface area contributed by atoms with Gasteiger partial charge in [0.2, 0.25) is 0 Å². The third kappa shape index (κ3) is 1.37. The highest BCUT2D eigenvalue weighted by Crippen LogP contribution is 2.12. The molecule has 1 aliphatic rings. The Morgan fingerprint density at radius 3 is 2.83 bits per heavy atom. The molecule has 0 radical (unpaired) electrons. The molecule has 0 spiro atoms. The van der Waals surface area contributed by atoms with Gasteiger partial charge in [0, 0.05) is 32.8 Å². The van der Waals surface area contributed by atoms with Gasteiger partial charge < -0.3 is 4.90 Å². The van der Waals surface area contributed by atoms with Gasteiger partial charge >= 0.3 is 0 Å². The van der Waals surface area contributed by atoms with Crippen LogP contribution in [0.2, 0.25) is 0 Å². The van der Waals surface area contributed by atoms with Crippen molar-refractivity contribution >= 4 is 0 Å². The summed E-state index contributed by atoms with van der Waals surface area (Å²) in [5, 5.41) is 4.44. The zero-order valence-corrected chi connectivity index (χ0v) is 7.75. The van der Waals surface area contributed by atoms with Crippen LogP contribution in [0.3, 0.4) is 0 Å². The van der Waals surface area contributed by atoms with E-state index in [0.717, 1.165) is 19.4 Å². The molecule has 0 fully saturated rings. The van der Waals surface area contributed by atoms with E-state index >= 15 is 0 Å². The number of rotatable bonds is 0. The summed E-state index contributed by atoms with van der Waals surface area (Å²) in [7, 11) is 4.17. The summed E-state index contributed by atoms with van der Waals surface area (Å²) in [4.78, 5) is 2.36. The molecule has 3 heteroatoms. The van der Waals surface area contributed by atoms with Crippen molar-refractivity contribution in [3.63, 3.8) is 0 Å². The largest absolute Gasteiger partial charge is 0.306 e. The van der Waals surface area contributed by atoms with E-state index in [1.54, 1.807) is 0 Å². The Labute approximate surface area is 73.0 Å². The van der Waals surface area contributed by atoms with Crippen LogP contribution in [0.5, 0.6) is 0 Å². The predicted octanol–water partition coefficient (Wildman–Crippen LogP) is 0.451. The Morgan fingerprint density at radius 1 is 1.25 bits per heavy atom. The van der Waals surface area contributed by atoms with Crippen molar-refractivity contribution in [2.45, 2.75) is 12.8 Å². The van der Waals surface area contributed by atoms with Crippen LogP contribution in [0, 0.1) is 0 Å². The van der Waals surface area contributed by atoms with Gasteiger partial charge in [-0.05, 0) is 19.0 Å². The molecule has 0 unspecified atom stereocenters. The molecule has 2 rings (SSSR count). The standard InChI is InChI=1S/C9H15N3/c1-11-5-3-8-7-12(2)10-9(8)4-6-11/h7H,3-6H2,1-2H3. The van der Waals surface area contributed by atoms with Crippen LogP contribution in [0.25, 0.3) is 0 Å². The van der Waals surface area contributed by atoms with Gasteiger partial charge in [-0.3, -0.25) is 4.68 Å². The minimum absolute atomic E-state index is 1.10. The first kappa shape index (κ1) is 7.80. The van der Waals surface area contributed by atoms with Gasteiger partial charge in [0.05, 0.1) is 5.69 Å². The molecule has 0 N–H and O–H groups in total. The smallest absolute Gasteiger partial charge is 0.0669 e. The van der Waals surface area contributed by atoms with Crippen molar-refractivity contribution in [1.29, 1.82) is 0 Å². The summed E-state index contributed by atoms with van der Waals surface area (Å²) in [6.07, 6.45) is 4.40. The van der Waals surface area contributed by atoms with Gasteiger partial charge in [0.15, 0.2) is 0 Å². The summed E-state index contributed by atoms with van der Waals surface area (Å²) in [5.41, 5.74) is 2.73. The number of aromatic nitrogens is 2. The fraction of sp³-hybridized carbons (Fsp3) is 0.667. The molecule has 0 amide bonds. The minimum Gasteiger partial charge on any atom is -0.306 e. The van der Waals surface area contributed by atoms with E-state index in [4.69, 9.17) is 0 Å². The molecule has 66 valence electrons. The molecule has 1 aliphatic heterocycles. The molecule has 0 saturated heterocycles. The number of hydrogen-bond donors (Lipinski definition) is 0. The van der Waals surface area contributed by atoms with Crippen molar-refractivity contribution in [2.75, 3.05) is 20.1 Å². The van der Waals surface area contributed by atoms with Crippen LogP contribution in [0.15, 0.2) is 6.20 Å². The summed E-state index contributed by atoms with van der Waals surface area (Å²) < 4.78 is 1.93. The highest BCUT2D eigenvalue weighted by atomic mass is 15.3. The van der Waals surface area contributed by atoms with Gasteiger partial charge in [-0.25, -0.2) is 0 Å². The van der Waals surface area contributed by atoms with Crippen LogP contribution >= 0.6 is 0 Å². The third-order valence-corrected chi connectivity index (χ3v) is 2.48. The average Bonchev–Trinajstić information content (AvgIpc) is 2.31. The number of fused-ring (bicyclic) bond motifs is 1. The highest BCUT2D eigenvalue weighted by Gasteiger charge is 2.13. The van der Waals surface area contributed by atoms with Crippen LogP contribution in [0.4, 0.5) is 0 Å². The van der Waals surface area contributed by atoms with Gasteiger partial charge in [0.1, 0.15) is 0 Å². The molecule has 0 aromatic carbocycles. The quantitative estimate of drug-likeness (QED) is 0.556. The Hall–Kier alpha value is -0.830. The molecular formula is C9H15N3. The lowest BCUT2D eigenvalue weighted by Gasteiger charge is -2.11. The topological polar surface area (TPSA) is 21.1 Å². The normalized spacial score (nSPS) is 18.8. The second kappa shape index (κ2) is 2.90. The molecule has 3 nitrogen and oxygen atoms in total. The first-order valence-electron chi connectivity index (χ1n) is 4.45. The van der Waals surface area contributed by atoms with Gasteiger partial charge in [-0.1, -0.05) is 0 Å². The molecule has 0 saturated carbocycles. The summed E-state index contributed by atoms with van der Waals surface area (Å²) in [6.45, 7) is 2.31. The number of hydrogen-bond acceptors (Lipinski definition) is 2. The molecule has 1 aromatic rings. The lowest BCUT2D eigenvalue weighted by molar-refractivity contribution is 0.350. The Balaban J connectivity index is 2.24. The summed E-state index contributed by atoms with van der Waals surface area (Å²) in [5.74, 6) is 0. The molecule has 1 aromatic heterocycles. The lowest BCUT2D eigenvalue weighted by atomic mass is 10.2. The predicted molar refractivity (Wildman–Crippen MR) is 48.1 cm³/mol. The van der Waals surface area contributed by atoms with E-state index < -0.39 is 0 Å². The minimum atomic E-state index is 1.10. The number of nitrogens with zero attached hydrogens (tertiary/aromatic N) is 3. The first-order valence-corrected chi connectivity index (χ1v) is 4.45. The molecular weight excluding hydrogens is 150 g/mol. The third-order valence-electron chi connectivity index (χ3n) is 2.48.